The number of aromatic nitrogens is 1. The normalized spacial score (nSPS) is 23.8. The summed E-state index contributed by atoms with van der Waals surface area (Å²) in [6, 6.07) is 13.2. The van der Waals surface area contributed by atoms with Crippen molar-refractivity contribution in [2.24, 2.45) is 5.41 Å². The van der Waals surface area contributed by atoms with Gasteiger partial charge in [0.2, 0.25) is 0 Å². The van der Waals surface area contributed by atoms with Crippen molar-refractivity contribution in [2.45, 2.75) is 12.8 Å². The highest BCUT2D eigenvalue weighted by Crippen LogP contribution is 2.49. The first kappa shape index (κ1) is 16.3. The quantitative estimate of drug-likeness (QED) is 0.757. The lowest BCUT2D eigenvalue weighted by Gasteiger charge is -2.37. The SMILES string of the molecule is Cc1nc2ccc(C(=O)N3CC4c5ccccc5OCC4(CO)C3)cc2o1. The summed E-state index contributed by atoms with van der Waals surface area (Å²) in [7, 11) is 0. The highest BCUT2D eigenvalue weighted by atomic mass is 16.5. The molecule has 0 spiro atoms. The van der Waals surface area contributed by atoms with Gasteiger partial charge in [-0.25, -0.2) is 4.98 Å². The molecule has 2 unspecified atom stereocenters. The van der Waals surface area contributed by atoms with E-state index in [1.165, 1.54) is 0 Å². The predicted octanol–water partition coefficient (Wildman–Crippen LogP) is 2.75. The Labute approximate surface area is 156 Å². The molecule has 1 fully saturated rings. The van der Waals surface area contributed by atoms with E-state index in [9.17, 15) is 9.90 Å². The number of ether oxygens (including phenoxy) is 1. The van der Waals surface area contributed by atoms with Crippen LogP contribution in [0.2, 0.25) is 0 Å². The van der Waals surface area contributed by atoms with Gasteiger partial charge in [0, 0.05) is 31.5 Å². The Balaban J connectivity index is 1.48. The molecule has 0 saturated carbocycles. The first-order valence-electron chi connectivity index (χ1n) is 9.09. The number of para-hydroxylation sites is 1. The summed E-state index contributed by atoms with van der Waals surface area (Å²) in [5.74, 6) is 1.42. The molecule has 1 saturated heterocycles. The lowest BCUT2D eigenvalue weighted by Crippen LogP contribution is -2.42. The Morgan fingerprint density at radius 2 is 2.19 bits per heavy atom. The van der Waals surface area contributed by atoms with Crippen LogP contribution in [0.5, 0.6) is 5.75 Å². The van der Waals surface area contributed by atoms with E-state index >= 15 is 0 Å². The smallest absolute Gasteiger partial charge is 0.254 e. The average molecular weight is 364 g/mol. The Hall–Kier alpha value is -2.86. The fourth-order valence-electron chi connectivity index (χ4n) is 4.38. The van der Waals surface area contributed by atoms with Gasteiger partial charge in [0.05, 0.1) is 18.6 Å². The van der Waals surface area contributed by atoms with Gasteiger partial charge in [-0.2, -0.15) is 0 Å². The van der Waals surface area contributed by atoms with Crippen LogP contribution in [-0.2, 0) is 0 Å². The van der Waals surface area contributed by atoms with Gasteiger partial charge in [-0.1, -0.05) is 18.2 Å². The van der Waals surface area contributed by atoms with Crippen LogP contribution in [0.1, 0.15) is 27.7 Å². The summed E-state index contributed by atoms with van der Waals surface area (Å²) in [6.45, 7) is 3.21. The minimum atomic E-state index is -0.461. The molecule has 2 aromatic carbocycles. The van der Waals surface area contributed by atoms with E-state index in [0.29, 0.717) is 36.7 Å². The first-order valence-corrected chi connectivity index (χ1v) is 9.09. The van der Waals surface area contributed by atoms with E-state index in [1.807, 2.05) is 35.2 Å². The van der Waals surface area contributed by atoms with Crippen molar-refractivity contribution in [1.82, 2.24) is 9.88 Å². The number of hydrogen-bond donors (Lipinski definition) is 1. The van der Waals surface area contributed by atoms with Gasteiger partial charge in [0.15, 0.2) is 11.5 Å². The number of likely N-dealkylation sites (tertiary alicyclic amines) is 1. The summed E-state index contributed by atoms with van der Waals surface area (Å²) in [5.41, 5.74) is 2.53. The monoisotopic (exact) mass is 364 g/mol. The highest BCUT2D eigenvalue weighted by molar-refractivity contribution is 5.97. The van der Waals surface area contributed by atoms with Crippen LogP contribution < -0.4 is 4.74 Å². The minimum absolute atomic E-state index is 0.0177. The zero-order valence-electron chi connectivity index (χ0n) is 15.0. The standard InChI is InChI=1S/C21H20N2O4/c1-13-22-17-7-6-14(8-19(17)27-13)20(25)23-9-16-15-4-2-3-5-18(15)26-12-21(16,10-23)11-24/h2-8,16,24H,9-12H2,1H3. The molecule has 138 valence electrons. The third kappa shape index (κ3) is 2.44. The van der Waals surface area contributed by atoms with Gasteiger partial charge >= 0.3 is 0 Å². The fourth-order valence-corrected chi connectivity index (χ4v) is 4.38. The van der Waals surface area contributed by atoms with Crippen molar-refractivity contribution in [3.8, 4) is 5.75 Å². The number of carbonyl (C=O) groups is 1. The van der Waals surface area contributed by atoms with Crippen molar-refractivity contribution in [1.29, 1.82) is 0 Å². The van der Waals surface area contributed by atoms with Crippen LogP contribution in [0.25, 0.3) is 11.1 Å². The molecule has 0 aliphatic carbocycles. The molecule has 2 aliphatic rings. The second-order valence-corrected chi connectivity index (χ2v) is 7.50. The number of benzene rings is 2. The van der Waals surface area contributed by atoms with Crippen molar-refractivity contribution in [3.05, 3.63) is 59.5 Å². The van der Waals surface area contributed by atoms with Crippen LogP contribution >= 0.6 is 0 Å². The number of carbonyl (C=O) groups excluding carboxylic acids is 1. The Morgan fingerprint density at radius 1 is 1.33 bits per heavy atom. The number of oxazole rings is 1. The van der Waals surface area contributed by atoms with Crippen LogP contribution in [0.3, 0.4) is 0 Å². The van der Waals surface area contributed by atoms with Gasteiger partial charge < -0.3 is 19.2 Å². The zero-order chi connectivity index (χ0) is 18.6. The topological polar surface area (TPSA) is 75.8 Å². The average Bonchev–Trinajstić information content (AvgIpc) is 3.27. The molecule has 6 nitrogen and oxygen atoms in total. The predicted molar refractivity (Wildman–Crippen MR) is 98.8 cm³/mol. The third-order valence-corrected chi connectivity index (χ3v) is 5.80. The van der Waals surface area contributed by atoms with Crippen molar-refractivity contribution in [2.75, 3.05) is 26.3 Å². The molecular weight excluding hydrogens is 344 g/mol. The molecule has 2 aliphatic heterocycles. The summed E-state index contributed by atoms with van der Waals surface area (Å²) < 4.78 is 11.5. The molecule has 0 bridgehead atoms. The fraction of sp³-hybridized carbons (Fsp3) is 0.333. The second kappa shape index (κ2) is 5.82. The molecule has 6 heteroatoms. The molecule has 1 amide bonds. The van der Waals surface area contributed by atoms with Gasteiger partial charge in [-0.15, -0.1) is 0 Å². The van der Waals surface area contributed by atoms with Gasteiger partial charge in [-0.3, -0.25) is 4.79 Å². The molecule has 27 heavy (non-hydrogen) atoms. The summed E-state index contributed by atoms with van der Waals surface area (Å²) >= 11 is 0. The zero-order valence-corrected chi connectivity index (χ0v) is 15.0. The van der Waals surface area contributed by atoms with E-state index < -0.39 is 5.41 Å². The van der Waals surface area contributed by atoms with E-state index in [2.05, 4.69) is 4.98 Å². The van der Waals surface area contributed by atoms with Crippen molar-refractivity contribution < 1.29 is 19.1 Å². The number of rotatable bonds is 2. The number of aliphatic hydroxyl groups is 1. The second-order valence-electron chi connectivity index (χ2n) is 7.50. The lowest BCUT2D eigenvalue weighted by molar-refractivity contribution is 0.0440. The molecule has 5 rings (SSSR count). The maximum Gasteiger partial charge on any atom is 0.254 e. The van der Waals surface area contributed by atoms with Crippen LogP contribution in [-0.4, -0.2) is 47.2 Å². The number of fused-ring (bicyclic) bond motifs is 4. The first-order chi connectivity index (χ1) is 13.1. The van der Waals surface area contributed by atoms with Gasteiger partial charge in [0.1, 0.15) is 11.3 Å². The van der Waals surface area contributed by atoms with Crippen LogP contribution in [0, 0.1) is 12.3 Å². The maximum atomic E-state index is 13.2. The number of nitrogens with zero attached hydrogens (tertiary/aromatic N) is 2. The highest BCUT2D eigenvalue weighted by Gasteiger charge is 2.52. The largest absolute Gasteiger partial charge is 0.493 e. The maximum absolute atomic E-state index is 13.2. The Kier molecular flexibility index (Phi) is 3.52. The molecule has 3 heterocycles. The molecule has 2 atom stereocenters. The Bertz CT molecular complexity index is 1040. The lowest BCUT2D eigenvalue weighted by atomic mass is 9.74. The minimum Gasteiger partial charge on any atom is -0.493 e. The van der Waals surface area contributed by atoms with Crippen molar-refractivity contribution in [3.63, 3.8) is 0 Å². The van der Waals surface area contributed by atoms with E-state index in [1.54, 1.807) is 19.1 Å². The van der Waals surface area contributed by atoms with E-state index in [0.717, 1.165) is 16.8 Å². The number of hydrogen-bond acceptors (Lipinski definition) is 5. The van der Waals surface area contributed by atoms with E-state index in [-0.39, 0.29) is 18.4 Å². The summed E-state index contributed by atoms with van der Waals surface area (Å²) in [4.78, 5) is 19.2. The van der Waals surface area contributed by atoms with Gasteiger partial charge in [0.25, 0.3) is 5.91 Å². The van der Waals surface area contributed by atoms with Crippen molar-refractivity contribution >= 4 is 17.0 Å². The molecule has 0 radical (unpaired) electrons. The van der Waals surface area contributed by atoms with Crippen LogP contribution in [0.15, 0.2) is 46.9 Å². The molecular formula is C21H20N2O4. The molecule has 1 aromatic heterocycles. The Morgan fingerprint density at radius 3 is 3.04 bits per heavy atom. The van der Waals surface area contributed by atoms with Gasteiger partial charge in [-0.05, 0) is 29.8 Å². The number of aliphatic hydroxyl groups excluding tert-OH is 1. The summed E-state index contributed by atoms with van der Waals surface area (Å²) in [6.07, 6.45) is 0. The third-order valence-electron chi connectivity index (χ3n) is 5.80. The number of amides is 1. The summed E-state index contributed by atoms with van der Waals surface area (Å²) in [5, 5.41) is 10.2. The number of aryl methyl sites for hydroxylation is 1. The van der Waals surface area contributed by atoms with E-state index in [4.69, 9.17) is 9.15 Å². The molecule has 1 N–H and O–H groups in total. The molecule has 3 aromatic rings. The van der Waals surface area contributed by atoms with Crippen LogP contribution in [0.4, 0.5) is 0 Å².